The van der Waals surface area contributed by atoms with Gasteiger partial charge < -0.3 is 20.7 Å². The van der Waals surface area contributed by atoms with Gasteiger partial charge in [-0.15, -0.1) is 0 Å². The van der Waals surface area contributed by atoms with Crippen molar-refractivity contribution < 1.29 is 19.1 Å². The van der Waals surface area contributed by atoms with Crippen LogP contribution < -0.4 is 15.8 Å². The Labute approximate surface area is 133 Å². The molecule has 0 aliphatic carbocycles. The van der Waals surface area contributed by atoms with E-state index in [2.05, 4.69) is 5.32 Å². The van der Waals surface area contributed by atoms with Crippen LogP contribution in [0.3, 0.4) is 0 Å². The number of nitrogens with zero attached hydrogens (tertiary/aromatic N) is 1. The maximum atomic E-state index is 12.4. The second kappa shape index (κ2) is 6.28. The van der Waals surface area contributed by atoms with Gasteiger partial charge >= 0.3 is 0 Å². The zero-order valence-electron chi connectivity index (χ0n) is 12.7. The molecule has 1 saturated heterocycles. The van der Waals surface area contributed by atoms with E-state index in [-0.39, 0.29) is 30.1 Å². The van der Waals surface area contributed by atoms with Crippen LogP contribution in [0, 0.1) is 5.92 Å². The number of rotatable bonds is 3. The third-order valence-corrected chi connectivity index (χ3v) is 4.32. The number of primary amides is 1. The monoisotopic (exact) mass is 317 g/mol. The molecule has 0 saturated carbocycles. The number of hydrogen-bond donors (Lipinski definition) is 2. The van der Waals surface area contributed by atoms with Crippen LogP contribution in [0.2, 0.25) is 0 Å². The number of carbonyl (C=O) groups is 3. The number of benzene rings is 1. The number of nitrogens with two attached hydrogens (primary N) is 1. The van der Waals surface area contributed by atoms with Crippen molar-refractivity contribution in [2.45, 2.75) is 25.4 Å². The molecule has 23 heavy (non-hydrogen) atoms. The number of para-hydroxylation sites is 2. The topological polar surface area (TPSA) is 102 Å². The van der Waals surface area contributed by atoms with Gasteiger partial charge in [0.25, 0.3) is 5.91 Å². The fourth-order valence-corrected chi connectivity index (χ4v) is 2.93. The molecule has 0 aromatic heterocycles. The number of fused-ring (bicyclic) bond motifs is 1. The molecule has 1 fully saturated rings. The van der Waals surface area contributed by atoms with E-state index < -0.39 is 6.10 Å². The molecular formula is C16H19N3O4. The first kappa shape index (κ1) is 15.3. The van der Waals surface area contributed by atoms with Crippen molar-refractivity contribution in [2.75, 3.05) is 18.4 Å². The van der Waals surface area contributed by atoms with Gasteiger partial charge in [0, 0.05) is 19.0 Å². The molecule has 1 aromatic carbocycles. The minimum atomic E-state index is -0.828. The SMILES string of the molecule is NC(=O)C1CCN(C(=O)CC2Oc3ccccc3NC2=O)CC1. The van der Waals surface area contributed by atoms with Gasteiger partial charge in [-0.05, 0) is 25.0 Å². The molecule has 3 N–H and O–H groups in total. The molecule has 2 aliphatic rings. The summed E-state index contributed by atoms with van der Waals surface area (Å²) in [5, 5.41) is 2.74. The molecule has 2 heterocycles. The van der Waals surface area contributed by atoms with Gasteiger partial charge in [-0.1, -0.05) is 12.1 Å². The average molecular weight is 317 g/mol. The number of ether oxygens (including phenoxy) is 1. The molecule has 7 nitrogen and oxygen atoms in total. The molecular weight excluding hydrogens is 298 g/mol. The number of amides is 3. The Morgan fingerprint density at radius 2 is 1.96 bits per heavy atom. The summed E-state index contributed by atoms with van der Waals surface area (Å²) in [6.07, 6.45) is 0.302. The Balaban J connectivity index is 1.58. The predicted octanol–water partition coefficient (Wildman–Crippen LogP) is 0.500. The van der Waals surface area contributed by atoms with E-state index in [1.165, 1.54) is 0 Å². The summed E-state index contributed by atoms with van der Waals surface area (Å²) in [5.41, 5.74) is 5.90. The van der Waals surface area contributed by atoms with E-state index in [4.69, 9.17) is 10.5 Å². The van der Waals surface area contributed by atoms with E-state index in [0.717, 1.165) is 0 Å². The summed E-state index contributed by atoms with van der Waals surface area (Å²) < 4.78 is 5.63. The second-order valence-electron chi connectivity index (χ2n) is 5.85. The van der Waals surface area contributed by atoms with E-state index in [9.17, 15) is 14.4 Å². The fourth-order valence-electron chi connectivity index (χ4n) is 2.93. The molecule has 0 spiro atoms. The quantitative estimate of drug-likeness (QED) is 0.847. The van der Waals surface area contributed by atoms with Gasteiger partial charge in [-0.25, -0.2) is 0 Å². The summed E-state index contributed by atoms with van der Waals surface area (Å²) in [6.45, 7) is 0.967. The van der Waals surface area contributed by atoms with Crippen molar-refractivity contribution in [1.29, 1.82) is 0 Å². The van der Waals surface area contributed by atoms with Crippen molar-refractivity contribution >= 4 is 23.4 Å². The number of nitrogens with one attached hydrogen (secondary N) is 1. The molecule has 2 aliphatic heterocycles. The van der Waals surface area contributed by atoms with Crippen molar-refractivity contribution in [3.8, 4) is 5.75 Å². The minimum Gasteiger partial charge on any atom is -0.478 e. The van der Waals surface area contributed by atoms with Crippen LogP contribution >= 0.6 is 0 Å². The van der Waals surface area contributed by atoms with E-state index in [0.29, 0.717) is 37.4 Å². The highest BCUT2D eigenvalue weighted by Crippen LogP contribution is 2.30. The Kier molecular flexibility index (Phi) is 4.18. The zero-order valence-corrected chi connectivity index (χ0v) is 12.7. The first-order valence-corrected chi connectivity index (χ1v) is 7.68. The minimum absolute atomic E-state index is 0.0125. The number of anilines is 1. The zero-order chi connectivity index (χ0) is 16.4. The van der Waals surface area contributed by atoms with Gasteiger partial charge in [0.1, 0.15) is 5.75 Å². The number of hydrogen-bond acceptors (Lipinski definition) is 4. The molecule has 122 valence electrons. The molecule has 3 amide bonds. The highest BCUT2D eigenvalue weighted by atomic mass is 16.5. The lowest BCUT2D eigenvalue weighted by Crippen LogP contribution is -2.45. The highest BCUT2D eigenvalue weighted by molar-refractivity contribution is 5.99. The fraction of sp³-hybridized carbons (Fsp3) is 0.438. The van der Waals surface area contributed by atoms with Gasteiger partial charge in [0.15, 0.2) is 6.10 Å². The molecule has 7 heteroatoms. The lowest BCUT2D eigenvalue weighted by molar-refractivity contribution is -0.139. The van der Waals surface area contributed by atoms with Crippen LogP contribution in [0.1, 0.15) is 19.3 Å². The summed E-state index contributed by atoms with van der Waals surface area (Å²) in [4.78, 5) is 37.2. The molecule has 1 unspecified atom stereocenters. The summed E-state index contributed by atoms with van der Waals surface area (Å²) in [6, 6.07) is 7.12. The Bertz CT molecular complexity index is 638. The standard InChI is InChI=1S/C16H19N3O4/c17-15(21)10-5-7-19(8-6-10)14(20)9-13-16(22)18-11-3-1-2-4-12(11)23-13/h1-4,10,13H,5-9H2,(H2,17,21)(H,18,22). The second-order valence-corrected chi connectivity index (χ2v) is 5.85. The first-order valence-electron chi connectivity index (χ1n) is 7.68. The predicted molar refractivity (Wildman–Crippen MR) is 82.6 cm³/mol. The smallest absolute Gasteiger partial charge is 0.266 e. The van der Waals surface area contributed by atoms with E-state index in [1.807, 2.05) is 6.07 Å². The highest BCUT2D eigenvalue weighted by Gasteiger charge is 2.32. The van der Waals surface area contributed by atoms with Gasteiger partial charge in [0.2, 0.25) is 11.8 Å². The number of piperidine rings is 1. The average Bonchev–Trinajstić information content (AvgIpc) is 2.55. The normalized spacial score (nSPS) is 21.1. The summed E-state index contributed by atoms with van der Waals surface area (Å²) in [7, 11) is 0. The lowest BCUT2D eigenvalue weighted by Gasteiger charge is -2.32. The van der Waals surface area contributed by atoms with E-state index >= 15 is 0 Å². The van der Waals surface area contributed by atoms with Crippen LogP contribution in [0.4, 0.5) is 5.69 Å². The van der Waals surface area contributed by atoms with Crippen molar-refractivity contribution in [2.24, 2.45) is 11.7 Å². The van der Waals surface area contributed by atoms with Gasteiger partial charge in [-0.3, -0.25) is 14.4 Å². The van der Waals surface area contributed by atoms with Crippen molar-refractivity contribution in [3.63, 3.8) is 0 Å². The van der Waals surface area contributed by atoms with Crippen molar-refractivity contribution in [1.82, 2.24) is 4.90 Å². The van der Waals surface area contributed by atoms with Crippen LogP contribution in [0.15, 0.2) is 24.3 Å². The maximum absolute atomic E-state index is 12.4. The lowest BCUT2D eigenvalue weighted by atomic mass is 9.96. The van der Waals surface area contributed by atoms with Crippen LogP contribution in [-0.4, -0.2) is 41.8 Å². The molecule has 0 radical (unpaired) electrons. The van der Waals surface area contributed by atoms with Crippen molar-refractivity contribution in [3.05, 3.63) is 24.3 Å². The Morgan fingerprint density at radius 1 is 1.26 bits per heavy atom. The van der Waals surface area contributed by atoms with E-state index in [1.54, 1.807) is 23.1 Å². The maximum Gasteiger partial charge on any atom is 0.266 e. The molecule has 1 aromatic rings. The largest absolute Gasteiger partial charge is 0.478 e. The first-order chi connectivity index (χ1) is 11.0. The molecule has 1 atom stereocenters. The molecule has 3 rings (SSSR count). The van der Waals surface area contributed by atoms with Gasteiger partial charge in [-0.2, -0.15) is 0 Å². The Hall–Kier alpha value is -2.57. The third-order valence-electron chi connectivity index (χ3n) is 4.32. The van der Waals surface area contributed by atoms with Crippen LogP contribution in [0.25, 0.3) is 0 Å². The number of carbonyl (C=O) groups excluding carboxylic acids is 3. The van der Waals surface area contributed by atoms with Gasteiger partial charge in [0.05, 0.1) is 12.1 Å². The third kappa shape index (κ3) is 3.28. The molecule has 0 bridgehead atoms. The summed E-state index contributed by atoms with van der Waals surface area (Å²) in [5.74, 6) is -0.377. The van der Waals surface area contributed by atoms with Crippen LogP contribution in [-0.2, 0) is 14.4 Å². The number of likely N-dealkylation sites (tertiary alicyclic amines) is 1. The summed E-state index contributed by atoms with van der Waals surface area (Å²) >= 11 is 0. The van der Waals surface area contributed by atoms with Crippen LogP contribution in [0.5, 0.6) is 5.75 Å². The Morgan fingerprint density at radius 3 is 2.65 bits per heavy atom.